The third-order valence-corrected chi connectivity index (χ3v) is 3.23. The van der Waals surface area contributed by atoms with Crippen LogP contribution in [0.5, 0.6) is 17.2 Å². The first-order valence-corrected chi connectivity index (χ1v) is 6.39. The highest BCUT2D eigenvalue weighted by molar-refractivity contribution is 5.40. The predicted octanol–water partition coefficient (Wildman–Crippen LogP) is 3.08. The Kier molecular flexibility index (Phi) is 3.03. The minimum atomic E-state index is 0.0607. The van der Waals surface area contributed by atoms with Crippen molar-refractivity contribution in [2.75, 3.05) is 6.61 Å². The molecule has 1 heterocycles. The first-order chi connectivity index (χ1) is 9.20. The second-order valence-electron chi connectivity index (χ2n) is 4.86. The number of hydrogen-bond acceptors (Lipinski definition) is 3. The van der Waals surface area contributed by atoms with Crippen LogP contribution in [0.15, 0.2) is 42.5 Å². The number of aromatic hydroxyl groups is 1. The van der Waals surface area contributed by atoms with Crippen molar-refractivity contribution in [2.24, 2.45) is 0 Å². The lowest BCUT2D eigenvalue weighted by Crippen LogP contribution is -2.22. The van der Waals surface area contributed by atoms with Crippen LogP contribution >= 0.6 is 0 Å². The van der Waals surface area contributed by atoms with E-state index in [1.54, 1.807) is 24.3 Å². The van der Waals surface area contributed by atoms with E-state index in [4.69, 9.17) is 9.47 Å². The van der Waals surface area contributed by atoms with Crippen LogP contribution in [0.4, 0.5) is 0 Å². The summed E-state index contributed by atoms with van der Waals surface area (Å²) < 4.78 is 11.5. The molecular formula is C16H16O3. The number of benzene rings is 2. The van der Waals surface area contributed by atoms with Gasteiger partial charge in [-0.05, 0) is 42.8 Å². The van der Waals surface area contributed by atoms with E-state index >= 15 is 0 Å². The van der Waals surface area contributed by atoms with E-state index in [1.165, 1.54) is 11.1 Å². The van der Waals surface area contributed by atoms with E-state index in [-0.39, 0.29) is 11.9 Å². The average Bonchev–Trinajstić information content (AvgIpc) is 2.80. The van der Waals surface area contributed by atoms with Gasteiger partial charge in [-0.25, -0.2) is 0 Å². The third kappa shape index (κ3) is 2.65. The zero-order valence-corrected chi connectivity index (χ0v) is 10.8. The Labute approximate surface area is 112 Å². The fourth-order valence-corrected chi connectivity index (χ4v) is 2.27. The topological polar surface area (TPSA) is 38.7 Å². The van der Waals surface area contributed by atoms with Crippen molar-refractivity contribution in [2.45, 2.75) is 19.4 Å². The smallest absolute Gasteiger partial charge is 0.137 e. The van der Waals surface area contributed by atoms with Crippen molar-refractivity contribution in [1.29, 1.82) is 0 Å². The van der Waals surface area contributed by atoms with E-state index in [9.17, 15) is 5.11 Å². The summed E-state index contributed by atoms with van der Waals surface area (Å²) >= 11 is 0. The number of fused-ring (bicyclic) bond motifs is 1. The molecule has 3 nitrogen and oxygen atoms in total. The van der Waals surface area contributed by atoms with Gasteiger partial charge in [-0.15, -0.1) is 0 Å². The molecule has 0 aliphatic carbocycles. The van der Waals surface area contributed by atoms with E-state index in [2.05, 4.69) is 19.1 Å². The summed E-state index contributed by atoms with van der Waals surface area (Å²) in [4.78, 5) is 0. The van der Waals surface area contributed by atoms with Crippen LogP contribution in [-0.4, -0.2) is 17.8 Å². The Morgan fingerprint density at radius 1 is 1.21 bits per heavy atom. The van der Waals surface area contributed by atoms with Gasteiger partial charge in [-0.1, -0.05) is 17.7 Å². The Bertz CT molecular complexity index is 575. The lowest BCUT2D eigenvalue weighted by molar-refractivity contribution is 0.148. The average molecular weight is 256 g/mol. The number of phenols is 1. The summed E-state index contributed by atoms with van der Waals surface area (Å²) in [6, 6.07) is 13.0. The van der Waals surface area contributed by atoms with Gasteiger partial charge < -0.3 is 14.6 Å². The van der Waals surface area contributed by atoms with Crippen molar-refractivity contribution in [3.63, 3.8) is 0 Å². The number of aryl methyl sites for hydroxylation is 1. The van der Waals surface area contributed by atoms with Crippen molar-refractivity contribution in [1.82, 2.24) is 0 Å². The maximum absolute atomic E-state index is 9.20. The molecule has 1 aliphatic heterocycles. The summed E-state index contributed by atoms with van der Waals surface area (Å²) in [5.74, 6) is 1.95. The lowest BCUT2D eigenvalue weighted by atomic mass is 10.1. The molecule has 3 heteroatoms. The van der Waals surface area contributed by atoms with Crippen LogP contribution < -0.4 is 9.47 Å². The Balaban J connectivity index is 1.60. The van der Waals surface area contributed by atoms with Gasteiger partial charge in [0, 0.05) is 6.42 Å². The molecule has 0 saturated carbocycles. The first-order valence-electron chi connectivity index (χ1n) is 6.39. The van der Waals surface area contributed by atoms with Gasteiger partial charge in [0.1, 0.15) is 30.0 Å². The highest BCUT2D eigenvalue weighted by Crippen LogP contribution is 2.29. The van der Waals surface area contributed by atoms with E-state index in [0.717, 1.165) is 17.9 Å². The van der Waals surface area contributed by atoms with Crippen molar-refractivity contribution in [3.05, 3.63) is 53.6 Å². The largest absolute Gasteiger partial charge is 0.508 e. The highest BCUT2D eigenvalue weighted by atomic mass is 16.5. The van der Waals surface area contributed by atoms with Gasteiger partial charge in [0.15, 0.2) is 0 Å². The Morgan fingerprint density at radius 3 is 2.79 bits per heavy atom. The fourth-order valence-electron chi connectivity index (χ4n) is 2.27. The monoisotopic (exact) mass is 256 g/mol. The zero-order chi connectivity index (χ0) is 13.2. The molecule has 1 aliphatic rings. The minimum absolute atomic E-state index is 0.0607. The second kappa shape index (κ2) is 4.84. The molecule has 98 valence electrons. The molecule has 1 unspecified atom stereocenters. The molecule has 1 atom stereocenters. The maximum atomic E-state index is 9.20. The van der Waals surface area contributed by atoms with Gasteiger partial charge >= 0.3 is 0 Å². The molecule has 0 radical (unpaired) electrons. The number of ether oxygens (including phenoxy) is 2. The van der Waals surface area contributed by atoms with Crippen LogP contribution in [0, 0.1) is 6.92 Å². The highest BCUT2D eigenvalue weighted by Gasteiger charge is 2.23. The lowest BCUT2D eigenvalue weighted by Gasteiger charge is -2.12. The van der Waals surface area contributed by atoms with Gasteiger partial charge in [0.25, 0.3) is 0 Å². The molecule has 2 aromatic rings. The zero-order valence-electron chi connectivity index (χ0n) is 10.8. The van der Waals surface area contributed by atoms with Gasteiger partial charge in [0.2, 0.25) is 0 Å². The quantitative estimate of drug-likeness (QED) is 0.917. The molecule has 2 aromatic carbocycles. The Morgan fingerprint density at radius 2 is 2.00 bits per heavy atom. The summed E-state index contributed by atoms with van der Waals surface area (Å²) in [5, 5.41) is 9.20. The molecular weight excluding hydrogens is 240 g/mol. The van der Waals surface area contributed by atoms with Crippen molar-refractivity contribution in [3.8, 4) is 17.2 Å². The van der Waals surface area contributed by atoms with E-state index in [1.807, 2.05) is 6.07 Å². The maximum Gasteiger partial charge on any atom is 0.137 e. The second-order valence-corrected chi connectivity index (χ2v) is 4.86. The molecule has 0 fully saturated rings. The molecule has 0 spiro atoms. The SMILES string of the molecule is Cc1ccc2c(c1)CC(COc1ccc(O)cc1)O2. The molecule has 0 saturated heterocycles. The normalized spacial score (nSPS) is 16.8. The van der Waals surface area contributed by atoms with Crippen LogP contribution in [0.2, 0.25) is 0 Å². The third-order valence-electron chi connectivity index (χ3n) is 3.23. The minimum Gasteiger partial charge on any atom is -0.508 e. The van der Waals surface area contributed by atoms with Crippen LogP contribution in [-0.2, 0) is 6.42 Å². The van der Waals surface area contributed by atoms with Crippen LogP contribution in [0.3, 0.4) is 0 Å². The Hall–Kier alpha value is -2.16. The van der Waals surface area contributed by atoms with Crippen molar-refractivity contribution >= 4 is 0 Å². The van der Waals surface area contributed by atoms with Crippen LogP contribution in [0.25, 0.3) is 0 Å². The summed E-state index contributed by atoms with van der Waals surface area (Å²) in [6.45, 7) is 2.60. The molecule has 0 amide bonds. The van der Waals surface area contributed by atoms with Gasteiger partial charge in [-0.2, -0.15) is 0 Å². The summed E-state index contributed by atoms with van der Waals surface area (Å²) in [6.07, 6.45) is 0.945. The molecule has 0 aromatic heterocycles. The van der Waals surface area contributed by atoms with Crippen molar-refractivity contribution < 1.29 is 14.6 Å². The standard InChI is InChI=1S/C16H16O3/c1-11-2-7-16-12(8-11)9-15(19-16)10-18-14-5-3-13(17)4-6-14/h2-8,15,17H,9-10H2,1H3. The number of rotatable bonds is 3. The fraction of sp³-hybridized carbons (Fsp3) is 0.250. The number of hydrogen-bond donors (Lipinski definition) is 1. The van der Waals surface area contributed by atoms with Crippen LogP contribution in [0.1, 0.15) is 11.1 Å². The van der Waals surface area contributed by atoms with E-state index in [0.29, 0.717) is 6.61 Å². The van der Waals surface area contributed by atoms with Gasteiger partial charge in [-0.3, -0.25) is 0 Å². The molecule has 0 bridgehead atoms. The van der Waals surface area contributed by atoms with E-state index < -0.39 is 0 Å². The predicted molar refractivity (Wildman–Crippen MR) is 72.9 cm³/mol. The molecule has 19 heavy (non-hydrogen) atoms. The molecule has 1 N–H and O–H groups in total. The first kappa shape index (κ1) is 11.9. The summed E-state index contributed by atoms with van der Waals surface area (Å²) in [7, 11) is 0. The number of phenolic OH excluding ortho intramolecular Hbond substituents is 1. The molecule has 3 rings (SSSR count). The summed E-state index contributed by atoms with van der Waals surface area (Å²) in [5.41, 5.74) is 2.50. The van der Waals surface area contributed by atoms with Gasteiger partial charge in [0.05, 0.1) is 0 Å².